The van der Waals surface area contributed by atoms with E-state index in [2.05, 4.69) is 22.2 Å². The summed E-state index contributed by atoms with van der Waals surface area (Å²) in [6.45, 7) is 0.626. The van der Waals surface area contributed by atoms with E-state index in [-0.39, 0.29) is 5.84 Å². The van der Waals surface area contributed by atoms with Crippen LogP contribution in [-0.2, 0) is 0 Å². The van der Waals surface area contributed by atoms with Gasteiger partial charge in [-0.05, 0) is 30.3 Å². The number of amidine groups is 1. The van der Waals surface area contributed by atoms with E-state index in [0.29, 0.717) is 18.0 Å². The van der Waals surface area contributed by atoms with Gasteiger partial charge in [-0.3, -0.25) is 0 Å². The molecular weight excluding hydrogens is 306 g/mol. The zero-order valence-electron chi connectivity index (χ0n) is 11.2. The molecular formula is C15H14ClN3OS. The molecule has 2 aromatic carbocycles. The average molecular weight is 320 g/mol. The first-order valence-electron chi connectivity index (χ1n) is 6.49. The van der Waals surface area contributed by atoms with E-state index in [4.69, 9.17) is 22.5 Å². The molecule has 0 radical (unpaired) electrons. The molecule has 0 aliphatic carbocycles. The van der Waals surface area contributed by atoms with E-state index in [0.717, 1.165) is 16.3 Å². The second kappa shape index (κ2) is 5.87. The molecule has 0 aromatic heterocycles. The summed E-state index contributed by atoms with van der Waals surface area (Å²) in [7, 11) is 0. The van der Waals surface area contributed by atoms with E-state index in [1.54, 1.807) is 11.8 Å². The lowest BCUT2D eigenvalue weighted by molar-refractivity contribution is 0.317. The second-order valence-electron chi connectivity index (χ2n) is 4.67. The Labute approximate surface area is 132 Å². The number of oxime groups is 1. The molecule has 108 valence electrons. The number of hydrogen-bond donors (Lipinski definition) is 2. The van der Waals surface area contributed by atoms with Crippen LogP contribution in [0.3, 0.4) is 0 Å². The van der Waals surface area contributed by atoms with Crippen molar-refractivity contribution < 1.29 is 5.21 Å². The molecule has 1 heterocycles. The number of halogens is 1. The minimum absolute atomic E-state index is 0.217. The Hall–Kier alpha value is -1.85. The van der Waals surface area contributed by atoms with Crippen molar-refractivity contribution in [3.8, 4) is 0 Å². The zero-order chi connectivity index (χ0) is 14.8. The third kappa shape index (κ3) is 2.80. The number of hydrogen-bond acceptors (Lipinski definition) is 4. The quantitative estimate of drug-likeness (QED) is 0.387. The van der Waals surface area contributed by atoms with Crippen LogP contribution in [0, 0.1) is 0 Å². The van der Waals surface area contributed by atoms with Crippen molar-refractivity contribution in [2.45, 2.75) is 16.2 Å². The predicted octanol–water partition coefficient (Wildman–Crippen LogP) is 4.08. The van der Waals surface area contributed by atoms with Gasteiger partial charge in [-0.25, -0.2) is 0 Å². The summed E-state index contributed by atoms with van der Waals surface area (Å²) in [5.74, 6) is 0.217. The van der Waals surface area contributed by atoms with Gasteiger partial charge in [0.1, 0.15) is 5.84 Å². The Morgan fingerprint density at radius 2 is 1.95 bits per heavy atom. The molecule has 6 heteroatoms. The van der Waals surface area contributed by atoms with Crippen molar-refractivity contribution in [2.75, 3.05) is 11.4 Å². The maximum absolute atomic E-state index is 8.72. The SMILES string of the molecule is N/C(CCN1c2ccccc2Sc2ccc(Cl)cc21)=N\O. The normalized spacial score (nSPS) is 13.8. The van der Waals surface area contributed by atoms with Crippen molar-refractivity contribution in [2.24, 2.45) is 10.9 Å². The lowest BCUT2D eigenvalue weighted by Crippen LogP contribution is -2.26. The van der Waals surface area contributed by atoms with Crippen molar-refractivity contribution in [1.29, 1.82) is 0 Å². The smallest absolute Gasteiger partial charge is 0.140 e. The van der Waals surface area contributed by atoms with E-state index in [9.17, 15) is 0 Å². The number of nitrogens with zero attached hydrogens (tertiary/aromatic N) is 2. The molecule has 2 aromatic rings. The second-order valence-corrected chi connectivity index (χ2v) is 6.20. The molecule has 0 atom stereocenters. The minimum Gasteiger partial charge on any atom is -0.409 e. The van der Waals surface area contributed by atoms with Crippen LogP contribution in [0.4, 0.5) is 11.4 Å². The van der Waals surface area contributed by atoms with Gasteiger partial charge in [0.15, 0.2) is 0 Å². The van der Waals surface area contributed by atoms with Crippen LogP contribution in [0.5, 0.6) is 0 Å². The van der Waals surface area contributed by atoms with Gasteiger partial charge >= 0.3 is 0 Å². The lowest BCUT2D eigenvalue weighted by atomic mass is 10.2. The Morgan fingerprint density at radius 3 is 2.76 bits per heavy atom. The minimum atomic E-state index is 0.217. The van der Waals surface area contributed by atoms with Gasteiger partial charge in [0.25, 0.3) is 0 Å². The largest absolute Gasteiger partial charge is 0.409 e. The summed E-state index contributed by atoms with van der Waals surface area (Å²) in [5, 5.41) is 12.5. The number of rotatable bonds is 3. The van der Waals surface area contributed by atoms with Crippen LogP contribution in [0.15, 0.2) is 57.4 Å². The average Bonchev–Trinajstić information content (AvgIpc) is 2.51. The topological polar surface area (TPSA) is 61.8 Å². The maximum Gasteiger partial charge on any atom is 0.140 e. The Kier molecular flexibility index (Phi) is 3.94. The molecule has 1 aliphatic heterocycles. The molecule has 21 heavy (non-hydrogen) atoms. The highest BCUT2D eigenvalue weighted by Crippen LogP contribution is 2.48. The Bertz CT molecular complexity index is 705. The van der Waals surface area contributed by atoms with E-state index < -0.39 is 0 Å². The summed E-state index contributed by atoms with van der Waals surface area (Å²) < 4.78 is 0. The van der Waals surface area contributed by atoms with Crippen LogP contribution < -0.4 is 10.6 Å². The number of fused-ring (bicyclic) bond motifs is 2. The highest BCUT2D eigenvalue weighted by Gasteiger charge is 2.23. The fourth-order valence-electron chi connectivity index (χ4n) is 2.32. The maximum atomic E-state index is 8.72. The molecule has 0 fully saturated rings. The molecule has 4 nitrogen and oxygen atoms in total. The first-order chi connectivity index (χ1) is 10.2. The van der Waals surface area contributed by atoms with Gasteiger partial charge in [-0.15, -0.1) is 0 Å². The van der Waals surface area contributed by atoms with Gasteiger partial charge in [0.2, 0.25) is 0 Å². The molecule has 0 amide bonds. The van der Waals surface area contributed by atoms with Gasteiger partial charge in [0, 0.05) is 27.8 Å². The van der Waals surface area contributed by atoms with E-state index in [1.807, 2.05) is 30.3 Å². The summed E-state index contributed by atoms with van der Waals surface area (Å²) in [6, 6.07) is 14.1. The highest BCUT2D eigenvalue weighted by molar-refractivity contribution is 7.99. The lowest BCUT2D eigenvalue weighted by Gasteiger charge is -2.32. The molecule has 0 saturated heterocycles. The van der Waals surface area contributed by atoms with Crippen LogP contribution in [0.1, 0.15) is 6.42 Å². The van der Waals surface area contributed by atoms with Crippen LogP contribution in [-0.4, -0.2) is 17.6 Å². The summed E-state index contributed by atoms with van der Waals surface area (Å²) in [4.78, 5) is 4.50. The number of benzene rings is 2. The van der Waals surface area contributed by atoms with Gasteiger partial charge < -0.3 is 15.8 Å². The molecule has 1 aliphatic rings. The predicted molar refractivity (Wildman–Crippen MR) is 87.0 cm³/mol. The number of nitrogens with two attached hydrogens (primary N) is 1. The highest BCUT2D eigenvalue weighted by atomic mass is 35.5. The standard InChI is InChI=1S/C15H14ClN3OS/c16-10-5-6-14-12(9-10)19(8-7-15(17)18-20)11-3-1-2-4-13(11)21-14/h1-6,9,20H,7-8H2,(H2,17,18). The first kappa shape index (κ1) is 14.1. The van der Waals surface area contributed by atoms with Crippen molar-refractivity contribution in [1.82, 2.24) is 0 Å². The van der Waals surface area contributed by atoms with E-state index in [1.165, 1.54) is 4.90 Å². The molecule has 3 rings (SSSR count). The van der Waals surface area contributed by atoms with Gasteiger partial charge in [-0.2, -0.15) is 0 Å². The van der Waals surface area contributed by atoms with E-state index >= 15 is 0 Å². The summed E-state index contributed by atoms with van der Waals surface area (Å²) in [5.41, 5.74) is 7.77. The molecule has 0 saturated carbocycles. The van der Waals surface area contributed by atoms with Gasteiger partial charge in [-0.1, -0.05) is 40.7 Å². The molecule has 0 bridgehead atoms. The third-order valence-electron chi connectivity index (χ3n) is 3.31. The summed E-state index contributed by atoms with van der Waals surface area (Å²) in [6.07, 6.45) is 0.474. The van der Waals surface area contributed by atoms with Crippen LogP contribution in [0.25, 0.3) is 0 Å². The van der Waals surface area contributed by atoms with Crippen LogP contribution in [0.2, 0.25) is 5.02 Å². The van der Waals surface area contributed by atoms with Crippen molar-refractivity contribution in [3.63, 3.8) is 0 Å². The number of anilines is 2. The zero-order valence-corrected chi connectivity index (χ0v) is 12.7. The molecule has 0 spiro atoms. The third-order valence-corrected chi connectivity index (χ3v) is 4.67. The Balaban J connectivity index is 2.02. The van der Waals surface area contributed by atoms with Gasteiger partial charge in [0.05, 0.1) is 11.4 Å². The number of para-hydroxylation sites is 1. The van der Waals surface area contributed by atoms with Crippen molar-refractivity contribution in [3.05, 3.63) is 47.5 Å². The fourth-order valence-corrected chi connectivity index (χ4v) is 3.56. The van der Waals surface area contributed by atoms with Crippen LogP contribution >= 0.6 is 23.4 Å². The Morgan fingerprint density at radius 1 is 1.19 bits per heavy atom. The monoisotopic (exact) mass is 319 g/mol. The molecule has 3 N–H and O–H groups in total. The van der Waals surface area contributed by atoms with Crippen molar-refractivity contribution >= 4 is 40.6 Å². The fraction of sp³-hybridized carbons (Fsp3) is 0.133. The first-order valence-corrected chi connectivity index (χ1v) is 7.69. The molecule has 0 unspecified atom stereocenters. The summed E-state index contributed by atoms with van der Waals surface area (Å²) >= 11 is 7.86.